The molecule has 2 heterocycles. The van der Waals surface area contributed by atoms with E-state index in [1.54, 1.807) is 29.2 Å². The molecule has 0 saturated carbocycles. The highest BCUT2D eigenvalue weighted by Gasteiger charge is 2.34. The number of anilines is 2. The minimum absolute atomic E-state index is 0.0175. The second-order valence-corrected chi connectivity index (χ2v) is 9.62. The zero-order valence-corrected chi connectivity index (χ0v) is 18.4. The lowest BCUT2D eigenvalue weighted by molar-refractivity contribution is -0.117. The monoisotopic (exact) mass is 438 g/mol. The van der Waals surface area contributed by atoms with Gasteiger partial charge in [-0.15, -0.1) is 10.2 Å². The molecule has 3 aromatic rings. The first kappa shape index (κ1) is 21.1. The summed E-state index contributed by atoms with van der Waals surface area (Å²) < 4.78 is 13.2. The van der Waals surface area contributed by atoms with Crippen molar-refractivity contribution < 1.29 is 14.0 Å². The highest BCUT2D eigenvalue weighted by Crippen LogP contribution is 2.34. The first-order valence-corrected chi connectivity index (χ1v) is 10.8. The lowest BCUT2D eigenvalue weighted by Gasteiger charge is -2.18. The lowest BCUT2D eigenvalue weighted by Crippen LogP contribution is -2.24. The molecule has 4 rings (SSSR count). The molecule has 1 N–H and O–H groups in total. The molecule has 0 bridgehead atoms. The molecule has 1 saturated heterocycles. The van der Waals surface area contributed by atoms with E-state index in [0.717, 1.165) is 5.56 Å². The summed E-state index contributed by atoms with van der Waals surface area (Å²) in [5.41, 5.74) is 2.37. The molecule has 8 heteroatoms. The normalized spacial score (nSPS) is 16.6. The Bertz CT molecular complexity index is 1100. The summed E-state index contributed by atoms with van der Waals surface area (Å²) in [7, 11) is 0. The van der Waals surface area contributed by atoms with Crippen molar-refractivity contribution >= 4 is 34.0 Å². The van der Waals surface area contributed by atoms with Crippen molar-refractivity contribution in [2.45, 2.75) is 38.5 Å². The van der Waals surface area contributed by atoms with Gasteiger partial charge in [0.15, 0.2) is 0 Å². The molecule has 1 fully saturated rings. The van der Waals surface area contributed by atoms with Gasteiger partial charge in [0.2, 0.25) is 11.0 Å². The van der Waals surface area contributed by atoms with Gasteiger partial charge in [-0.3, -0.25) is 14.9 Å². The Morgan fingerprint density at radius 1 is 1.10 bits per heavy atom. The van der Waals surface area contributed by atoms with Gasteiger partial charge in [-0.1, -0.05) is 44.2 Å². The molecule has 31 heavy (non-hydrogen) atoms. The largest absolute Gasteiger partial charge is 0.312 e. The second kappa shape index (κ2) is 8.19. The highest BCUT2D eigenvalue weighted by atomic mass is 32.1. The summed E-state index contributed by atoms with van der Waals surface area (Å²) in [5.74, 6) is -0.758. The van der Waals surface area contributed by atoms with Crippen LogP contribution in [0.3, 0.4) is 0 Å². The predicted molar refractivity (Wildman–Crippen MR) is 119 cm³/mol. The van der Waals surface area contributed by atoms with Gasteiger partial charge in [-0.25, -0.2) is 4.39 Å². The molecule has 0 spiro atoms. The van der Waals surface area contributed by atoms with Crippen molar-refractivity contribution in [3.63, 3.8) is 0 Å². The van der Waals surface area contributed by atoms with Gasteiger partial charge in [-0.05, 0) is 47.4 Å². The topological polar surface area (TPSA) is 75.2 Å². The first-order valence-electron chi connectivity index (χ1n) is 10.0. The van der Waals surface area contributed by atoms with Crippen molar-refractivity contribution in [1.82, 2.24) is 10.2 Å². The fourth-order valence-electron chi connectivity index (χ4n) is 3.48. The third kappa shape index (κ3) is 4.64. The number of amides is 2. The number of aromatic nitrogens is 2. The third-order valence-corrected chi connectivity index (χ3v) is 6.29. The van der Waals surface area contributed by atoms with Crippen LogP contribution in [0, 0.1) is 5.82 Å². The van der Waals surface area contributed by atoms with Crippen molar-refractivity contribution in [3.05, 3.63) is 70.5 Å². The molecule has 1 aliphatic rings. The number of benzene rings is 2. The standard InChI is InChI=1S/C23H23FN4O2S/c1-23(2,3)16-6-4-14(5-7-16)20(30)25-22-27-26-21(31-22)15-12-19(29)28(13-15)18-10-8-17(24)9-11-18/h4-11,15H,12-13H2,1-3H3,(H,25,27,30). The summed E-state index contributed by atoms with van der Waals surface area (Å²) in [4.78, 5) is 26.6. The van der Waals surface area contributed by atoms with E-state index in [2.05, 4.69) is 36.3 Å². The van der Waals surface area contributed by atoms with E-state index in [0.29, 0.717) is 34.4 Å². The molecule has 160 valence electrons. The molecule has 6 nitrogen and oxygen atoms in total. The Balaban J connectivity index is 1.42. The molecular formula is C23H23FN4O2S. The van der Waals surface area contributed by atoms with Crippen LogP contribution in [0.25, 0.3) is 0 Å². The second-order valence-electron chi connectivity index (χ2n) is 8.61. The number of rotatable bonds is 4. The van der Waals surface area contributed by atoms with Crippen LogP contribution in [0.4, 0.5) is 15.2 Å². The van der Waals surface area contributed by atoms with E-state index >= 15 is 0 Å². The van der Waals surface area contributed by atoms with Crippen LogP contribution < -0.4 is 10.2 Å². The molecular weight excluding hydrogens is 415 g/mol. The van der Waals surface area contributed by atoms with Gasteiger partial charge < -0.3 is 4.90 Å². The van der Waals surface area contributed by atoms with Gasteiger partial charge in [-0.2, -0.15) is 0 Å². The van der Waals surface area contributed by atoms with Gasteiger partial charge in [0.1, 0.15) is 10.8 Å². The zero-order chi connectivity index (χ0) is 22.2. The Morgan fingerprint density at radius 3 is 2.42 bits per heavy atom. The fraction of sp³-hybridized carbons (Fsp3) is 0.304. The van der Waals surface area contributed by atoms with E-state index < -0.39 is 0 Å². The Hall–Kier alpha value is -3.13. The minimum Gasteiger partial charge on any atom is -0.312 e. The Labute approximate surface area is 184 Å². The quantitative estimate of drug-likeness (QED) is 0.638. The Kier molecular flexibility index (Phi) is 5.58. The van der Waals surface area contributed by atoms with Crippen molar-refractivity contribution in [2.24, 2.45) is 0 Å². The molecule has 1 aromatic heterocycles. The number of halogens is 1. The number of nitrogens with one attached hydrogen (secondary N) is 1. The lowest BCUT2D eigenvalue weighted by atomic mass is 9.87. The van der Waals surface area contributed by atoms with Crippen LogP contribution >= 0.6 is 11.3 Å². The summed E-state index contributed by atoms with van der Waals surface area (Å²) in [6, 6.07) is 13.4. The van der Waals surface area contributed by atoms with Gasteiger partial charge in [0.25, 0.3) is 5.91 Å². The average Bonchev–Trinajstić information content (AvgIpc) is 3.34. The van der Waals surface area contributed by atoms with E-state index in [-0.39, 0.29) is 29.0 Å². The Morgan fingerprint density at radius 2 is 1.77 bits per heavy atom. The van der Waals surface area contributed by atoms with E-state index in [1.807, 2.05) is 12.1 Å². The maximum absolute atomic E-state index is 13.2. The molecule has 0 radical (unpaired) electrons. The smallest absolute Gasteiger partial charge is 0.257 e. The molecule has 0 aliphatic carbocycles. The van der Waals surface area contributed by atoms with Crippen LogP contribution in [-0.2, 0) is 10.2 Å². The van der Waals surface area contributed by atoms with Crippen LogP contribution in [0.15, 0.2) is 48.5 Å². The van der Waals surface area contributed by atoms with Crippen LogP contribution in [0.5, 0.6) is 0 Å². The number of carbonyl (C=O) groups is 2. The first-order chi connectivity index (χ1) is 14.7. The maximum atomic E-state index is 13.2. The van der Waals surface area contributed by atoms with Gasteiger partial charge in [0.05, 0.1) is 0 Å². The van der Waals surface area contributed by atoms with Crippen LogP contribution in [0.2, 0.25) is 0 Å². The molecule has 2 aromatic carbocycles. The SMILES string of the molecule is CC(C)(C)c1ccc(C(=O)Nc2nnc(C3CC(=O)N(c4ccc(F)cc4)C3)s2)cc1. The van der Waals surface area contributed by atoms with Crippen molar-refractivity contribution in [3.8, 4) is 0 Å². The number of carbonyl (C=O) groups excluding carboxylic acids is 2. The minimum atomic E-state index is -0.343. The summed E-state index contributed by atoms with van der Waals surface area (Å²) in [6.45, 7) is 6.81. The average molecular weight is 439 g/mol. The highest BCUT2D eigenvalue weighted by molar-refractivity contribution is 7.15. The third-order valence-electron chi connectivity index (χ3n) is 5.29. The van der Waals surface area contributed by atoms with E-state index in [4.69, 9.17) is 0 Å². The molecule has 1 atom stereocenters. The van der Waals surface area contributed by atoms with Gasteiger partial charge in [0, 0.05) is 30.1 Å². The molecule has 2 amide bonds. The van der Waals surface area contributed by atoms with Crippen molar-refractivity contribution in [2.75, 3.05) is 16.8 Å². The zero-order valence-electron chi connectivity index (χ0n) is 17.6. The van der Waals surface area contributed by atoms with Crippen molar-refractivity contribution in [1.29, 1.82) is 0 Å². The number of hydrogen-bond donors (Lipinski definition) is 1. The summed E-state index contributed by atoms with van der Waals surface area (Å²) in [5, 5.41) is 12.1. The van der Waals surface area contributed by atoms with Gasteiger partial charge >= 0.3 is 0 Å². The fourth-order valence-corrected chi connectivity index (χ4v) is 4.31. The van der Waals surface area contributed by atoms with Crippen LogP contribution in [-0.4, -0.2) is 28.6 Å². The molecule has 1 unspecified atom stereocenters. The summed E-state index contributed by atoms with van der Waals surface area (Å²) >= 11 is 1.27. The van der Waals surface area contributed by atoms with E-state index in [1.165, 1.54) is 23.5 Å². The number of nitrogens with zero attached hydrogens (tertiary/aromatic N) is 3. The maximum Gasteiger partial charge on any atom is 0.257 e. The molecule has 1 aliphatic heterocycles. The van der Waals surface area contributed by atoms with E-state index in [9.17, 15) is 14.0 Å². The predicted octanol–water partition coefficient (Wildman–Crippen LogP) is 4.75. The van der Waals surface area contributed by atoms with Crippen LogP contribution in [0.1, 0.15) is 54.0 Å². The summed E-state index contributed by atoms with van der Waals surface area (Å²) in [6.07, 6.45) is 0.300. The number of hydrogen-bond acceptors (Lipinski definition) is 5.